The molecular weight excluding hydrogens is 347 g/mol. The van der Waals surface area contributed by atoms with E-state index in [4.69, 9.17) is 23.2 Å². The molecular formula is C18H18Cl2N2O2. The number of nitrogens with zero attached hydrogens (tertiary/aromatic N) is 1. The van der Waals surface area contributed by atoms with E-state index in [1.807, 2.05) is 32.0 Å². The minimum atomic E-state index is -0.338. The summed E-state index contributed by atoms with van der Waals surface area (Å²) in [5.74, 6) is -0.545. The van der Waals surface area contributed by atoms with Gasteiger partial charge in [-0.2, -0.15) is 0 Å². The third-order valence-electron chi connectivity index (χ3n) is 3.75. The van der Waals surface area contributed by atoms with Crippen LogP contribution in [-0.2, 0) is 9.59 Å². The zero-order chi connectivity index (χ0) is 17.9. The largest absolute Gasteiger partial charge is 0.323 e. The highest BCUT2D eigenvalue weighted by Gasteiger charge is 2.18. The second kappa shape index (κ2) is 7.69. The molecule has 0 aliphatic heterocycles. The Morgan fingerprint density at radius 3 is 2.46 bits per heavy atom. The molecule has 0 spiro atoms. The van der Waals surface area contributed by atoms with Gasteiger partial charge in [-0.05, 0) is 49.2 Å². The monoisotopic (exact) mass is 364 g/mol. The average molecular weight is 365 g/mol. The minimum absolute atomic E-state index is 0.0986. The normalized spacial score (nSPS) is 10.4. The van der Waals surface area contributed by atoms with Crippen LogP contribution in [-0.4, -0.2) is 18.4 Å². The molecule has 0 bridgehead atoms. The molecule has 0 aromatic heterocycles. The number of carbonyl (C=O) groups excluding carboxylic acids is 2. The molecule has 1 N–H and O–H groups in total. The molecule has 0 saturated heterocycles. The van der Waals surface area contributed by atoms with Gasteiger partial charge in [-0.3, -0.25) is 9.59 Å². The van der Waals surface area contributed by atoms with Crippen LogP contribution in [0.1, 0.15) is 18.1 Å². The summed E-state index contributed by atoms with van der Waals surface area (Å²) in [7, 11) is 0. The number of rotatable bonds is 4. The van der Waals surface area contributed by atoms with Gasteiger partial charge in [0.15, 0.2) is 0 Å². The van der Waals surface area contributed by atoms with E-state index in [2.05, 4.69) is 5.32 Å². The number of hydrogen-bond donors (Lipinski definition) is 1. The fourth-order valence-corrected chi connectivity index (χ4v) is 2.77. The number of aryl methyl sites for hydroxylation is 1. The highest BCUT2D eigenvalue weighted by atomic mass is 35.5. The van der Waals surface area contributed by atoms with Crippen LogP contribution in [0.5, 0.6) is 0 Å². The van der Waals surface area contributed by atoms with Gasteiger partial charge in [0.05, 0.1) is 10.7 Å². The lowest BCUT2D eigenvalue weighted by Gasteiger charge is -2.23. The van der Waals surface area contributed by atoms with Gasteiger partial charge >= 0.3 is 0 Å². The van der Waals surface area contributed by atoms with E-state index in [1.54, 1.807) is 18.2 Å². The molecule has 2 aromatic rings. The van der Waals surface area contributed by atoms with Crippen LogP contribution < -0.4 is 10.2 Å². The summed E-state index contributed by atoms with van der Waals surface area (Å²) in [5.41, 5.74) is 3.19. The van der Waals surface area contributed by atoms with E-state index in [1.165, 1.54) is 11.8 Å². The maximum atomic E-state index is 12.3. The van der Waals surface area contributed by atoms with Gasteiger partial charge in [0, 0.05) is 17.6 Å². The summed E-state index contributed by atoms with van der Waals surface area (Å²) in [4.78, 5) is 25.8. The van der Waals surface area contributed by atoms with Gasteiger partial charge in [0.1, 0.15) is 6.54 Å². The lowest BCUT2D eigenvalue weighted by Crippen LogP contribution is -2.37. The van der Waals surface area contributed by atoms with Crippen molar-refractivity contribution < 1.29 is 9.59 Å². The molecule has 2 aromatic carbocycles. The molecule has 4 nitrogen and oxygen atoms in total. The van der Waals surface area contributed by atoms with Crippen molar-refractivity contribution in [3.8, 4) is 0 Å². The van der Waals surface area contributed by atoms with E-state index in [0.29, 0.717) is 15.7 Å². The van der Waals surface area contributed by atoms with Crippen molar-refractivity contribution >= 4 is 46.4 Å². The van der Waals surface area contributed by atoms with Crippen LogP contribution in [0.3, 0.4) is 0 Å². The SMILES string of the molecule is CC(=O)N(CC(=O)Nc1ccc(Cl)cc1Cl)c1cccc(C)c1C. The Labute approximate surface area is 151 Å². The van der Waals surface area contributed by atoms with Crippen molar-refractivity contribution in [2.45, 2.75) is 20.8 Å². The highest BCUT2D eigenvalue weighted by Crippen LogP contribution is 2.26. The van der Waals surface area contributed by atoms with Crippen molar-refractivity contribution in [2.24, 2.45) is 0 Å². The van der Waals surface area contributed by atoms with Crippen LogP contribution in [0.2, 0.25) is 10.0 Å². The van der Waals surface area contributed by atoms with E-state index >= 15 is 0 Å². The predicted molar refractivity (Wildman–Crippen MR) is 99.0 cm³/mol. The second-order valence-corrected chi connectivity index (χ2v) is 6.34. The molecule has 2 rings (SSSR count). The van der Waals surface area contributed by atoms with Crippen LogP contribution in [0.4, 0.5) is 11.4 Å². The number of benzene rings is 2. The standard InChI is InChI=1S/C18H18Cl2N2O2/c1-11-5-4-6-17(12(11)2)22(13(3)23)10-18(24)21-16-8-7-14(19)9-15(16)20/h4-9H,10H2,1-3H3,(H,21,24). The van der Waals surface area contributed by atoms with E-state index in [9.17, 15) is 9.59 Å². The van der Waals surface area contributed by atoms with Crippen LogP contribution >= 0.6 is 23.2 Å². The summed E-state index contributed by atoms with van der Waals surface area (Å²) in [6, 6.07) is 10.5. The topological polar surface area (TPSA) is 49.4 Å². The lowest BCUT2D eigenvalue weighted by molar-refractivity contribution is -0.120. The molecule has 0 unspecified atom stereocenters. The van der Waals surface area contributed by atoms with Gasteiger partial charge in [-0.15, -0.1) is 0 Å². The Bertz CT molecular complexity index is 791. The zero-order valence-electron chi connectivity index (χ0n) is 13.7. The molecule has 0 heterocycles. The van der Waals surface area contributed by atoms with Crippen molar-refractivity contribution in [1.29, 1.82) is 0 Å². The van der Waals surface area contributed by atoms with Crippen molar-refractivity contribution in [1.82, 2.24) is 0 Å². The van der Waals surface area contributed by atoms with Gasteiger partial charge in [0.25, 0.3) is 0 Å². The molecule has 0 saturated carbocycles. The third kappa shape index (κ3) is 4.28. The average Bonchev–Trinajstić information content (AvgIpc) is 2.50. The van der Waals surface area contributed by atoms with E-state index < -0.39 is 0 Å². The van der Waals surface area contributed by atoms with Crippen molar-refractivity contribution in [3.63, 3.8) is 0 Å². The van der Waals surface area contributed by atoms with E-state index in [-0.39, 0.29) is 18.4 Å². The molecule has 0 aliphatic carbocycles. The first-order chi connectivity index (χ1) is 11.3. The Morgan fingerprint density at radius 1 is 1.12 bits per heavy atom. The van der Waals surface area contributed by atoms with Crippen LogP contribution in [0.15, 0.2) is 36.4 Å². The lowest BCUT2D eigenvalue weighted by atomic mass is 10.1. The number of halogens is 2. The number of hydrogen-bond acceptors (Lipinski definition) is 2. The molecule has 6 heteroatoms. The first kappa shape index (κ1) is 18.3. The quantitative estimate of drug-likeness (QED) is 0.861. The third-order valence-corrected chi connectivity index (χ3v) is 4.30. The maximum Gasteiger partial charge on any atom is 0.244 e. The summed E-state index contributed by atoms with van der Waals surface area (Å²) >= 11 is 11.9. The molecule has 0 radical (unpaired) electrons. The summed E-state index contributed by atoms with van der Waals surface area (Å²) < 4.78 is 0. The molecule has 0 atom stereocenters. The molecule has 24 heavy (non-hydrogen) atoms. The predicted octanol–water partition coefficient (Wildman–Crippen LogP) is 4.60. The van der Waals surface area contributed by atoms with Crippen molar-refractivity contribution in [2.75, 3.05) is 16.8 Å². The Kier molecular flexibility index (Phi) is 5.86. The molecule has 2 amide bonds. The summed E-state index contributed by atoms with van der Waals surface area (Å²) in [5, 5.41) is 3.53. The Hall–Kier alpha value is -2.04. The minimum Gasteiger partial charge on any atom is -0.323 e. The number of amides is 2. The Balaban J connectivity index is 2.20. The maximum absolute atomic E-state index is 12.3. The van der Waals surface area contributed by atoms with Gasteiger partial charge < -0.3 is 10.2 Å². The smallest absolute Gasteiger partial charge is 0.244 e. The molecule has 126 valence electrons. The van der Waals surface area contributed by atoms with Gasteiger partial charge in [-0.1, -0.05) is 35.3 Å². The molecule has 0 fully saturated rings. The van der Waals surface area contributed by atoms with Crippen LogP contribution in [0, 0.1) is 13.8 Å². The van der Waals surface area contributed by atoms with Gasteiger partial charge in [0.2, 0.25) is 11.8 Å². The zero-order valence-corrected chi connectivity index (χ0v) is 15.2. The van der Waals surface area contributed by atoms with Crippen molar-refractivity contribution in [3.05, 3.63) is 57.6 Å². The number of nitrogens with one attached hydrogen (secondary N) is 1. The number of anilines is 2. The fraction of sp³-hybridized carbons (Fsp3) is 0.222. The van der Waals surface area contributed by atoms with E-state index in [0.717, 1.165) is 16.8 Å². The first-order valence-electron chi connectivity index (χ1n) is 7.39. The second-order valence-electron chi connectivity index (χ2n) is 5.50. The molecule has 0 aliphatic rings. The fourth-order valence-electron chi connectivity index (χ4n) is 2.32. The number of carbonyl (C=O) groups is 2. The summed E-state index contributed by atoms with van der Waals surface area (Å²) in [6.45, 7) is 5.22. The highest BCUT2D eigenvalue weighted by molar-refractivity contribution is 6.36. The Morgan fingerprint density at radius 2 is 1.83 bits per heavy atom. The first-order valence-corrected chi connectivity index (χ1v) is 8.14. The summed E-state index contributed by atoms with van der Waals surface area (Å²) in [6.07, 6.45) is 0. The van der Waals surface area contributed by atoms with Gasteiger partial charge in [-0.25, -0.2) is 0 Å². The van der Waals surface area contributed by atoms with Crippen LogP contribution in [0.25, 0.3) is 0 Å².